The number of carbonyl (C=O) groups is 1. The zero-order chi connectivity index (χ0) is 12.7. The molecule has 0 aliphatic carbocycles. The first-order valence-electron chi connectivity index (χ1n) is 5.60. The molecule has 0 saturated carbocycles. The van der Waals surface area contributed by atoms with Crippen molar-refractivity contribution in [1.82, 2.24) is 4.90 Å². The average molecular weight is 253 g/mol. The van der Waals surface area contributed by atoms with Gasteiger partial charge in [-0.15, -0.1) is 11.8 Å². The third kappa shape index (κ3) is 5.13. The molecule has 0 aliphatic heterocycles. The molecular weight excluding hydrogens is 234 g/mol. The minimum Gasteiger partial charge on any atom is -0.497 e. The fraction of sp³-hybridized carbons (Fsp3) is 0.462. The molecule has 0 aliphatic rings. The van der Waals surface area contributed by atoms with E-state index in [-0.39, 0.29) is 5.91 Å². The number of methoxy groups -OCH3 is 1. The Morgan fingerprint density at radius 2 is 1.94 bits per heavy atom. The average Bonchev–Trinajstić information content (AvgIpc) is 2.35. The maximum Gasteiger partial charge on any atom is 0.222 e. The molecule has 1 aromatic carbocycles. The highest BCUT2D eigenvalue weighted by molar-refractivity contribution is 7.99. The summed E-state index contributed by atoms with van der Waals surface area (Å²) in [5, 5.41) is 0. The van der Waals surface area contributed by atoms with Gasteiger partial charge in [-0.25, -0.2) is 0 Å². The Morgan fingerprint density at radius 1 is 1.29 bits per heavy atom. The van der Waals surface area contributed by atoms with Crippen molar-refractivity contribution in [3.05, 3.63) is 24.3 Å². The van der Waals surface area contributed by atoms with Gasteiger partial charge < -0.3 is 9.64 Å². The second kappa shape index (κ2) is 7.22. The first kappa shape index (κ1) is 13.9. The molecule has 0 radical (unpaired) electrons. The summed E-state index contributed by atoms with van der Waals surface area (Å²) >= 11 is 1.77. The first-order valence-corrected chi connectivity index (χ1v) is 6.59. The highest BCUT2D eigenvalue weighted by Crippen LogP contribution is 2.22. The Labute approximate surface area is 107 Å². The second-order valence-corrected chi connectivity index (χ2v) is 5.08. The van der Waals surface area contributed by atoms with Gasteiger partial charge in [-0.3, -0.25) is 4.79 Å². The molecule has 0 spiro atoms. The monoisotopic (exact) mass is 253 g/mol. The molecule has 1 aromatic rings. The molecule has 0 bridgehead atoms. The number of hydrogen-bond donors (Lipinski definition) is 0. The van der Waals surface area contributed by atoms with Gasteiger partial charge >= 0.3 is 0 Å². The molecule has 0 saturated heterocycles. The summed E-state index contributed by atoms with van der Waals surface area (Å²) in [6.45, 7) is 0. The largest absolute Gasteiger partial charge is 0.497 e. The van der Waals surface area contributed by atoms with E-state index in [9.17, 15) is 4.79 Å². The number of thioether (sulfide) groups is 1. The van der Waals surface area contributed by atoms with Gasteiger partial charge in [0.25, 0.3) is 0 Å². The van der Waals surface area contributed by atoms with Crippen LogP contribution in [-0.2, 0) is 4.79 Å². The van der Waals surface area contributed by atoms with Crippen molar-refractivity contribution < 1.29 is 9.53 Å². The van der Waals surface area contributed by atoms with Gasteiger partial charge in [-0.2, -0.15) is 0 Å². The molecule has 17 heavy (non-hydrogen) atoms. The topological polar surface area (TPSA) is 29.5 Å². The minimum absolute atomic E-state index is 0.195. The van der Waals surface area contributed by atoms with Gasteiger partial charge in [-0.1, -0.05) is 0 Å². The number of rotatable bonds is 6. The molecule has 4 heteroatoms. The summed E-state index contributed by atoms with van der Waals surface area (Å²) in [6, 6.07) is 7.98. The summed E-state index contributed by atoms with van der Waals surface area (Å²) in [5.74, 6) is 2.03. The van der Waals surface area contributed by atoms with Gasteiger partial charge in [0.05, 0.1) is 7.11 Å². The third-order valence-corrected chi connectivity index (χ3v) is 3.46. The Kier molecular flexibility index (Phi) is 5.91. The van der Waals surface area contributed by atoms with Crippen LogP contribution in [-0.4, -0.2) is 37.8 Å². The molecule has 0 heterocycles. The minimum atomic E-state index is 0.195. The van der Waals surface area contributed by atoms with Crippen LogP contribution in [0.3, 0.4) is 0 Å². The third-order valence-electron chi connectivity index (χ3n) is 2.36. The Hall–Kier alpha value is -1.16. The molecule has 3 nitrogen and oxygen atoms in total. The zero-order valence-corrected chi connectivity index (χ0v) is 11.4. The van der Waals surface area contributed by atoms with E-state index in [1.54, 1.807) is 37.9 Å². The van der Waals surface area contributed by atoms with Crippen LogP contribution in [0.5, 0.6) is 5.75 Å². The van der Waals surface area contributed by atoms with E-state index in [1.165, 1.54) is 4.90 Å². The van der Waals surface area contributed by atoms with E-state index in [0.29, 0.717) is 6.42 Å². The molecule has 0 atom stereocenters. The Bertz CT molecular complexity index is 349. The predicted molar refractivity (Wildman–Crippen MR) is 71.6 cm³/mol. The van der Waals surface area contributed by atoms with Gasteiger partial charge in [0.15, 0.2) is 0 Å². The molecule has 1 amide bonds. The fourth-order valence-electron chi connectivity index (χ4n) is 1.31. The quantitative estimate of drug-likeness (QED) is 0.576. The molecule has 0 N–H and O–H groups in total. The lowest BCUT2D eigenvalue weighted by atomic mass is 10.3. The second-order valence-electron chi connectivity index (χ2n) is 3.92. The summed E-state index contributed by atoms with van der Waals surface area (Å²) in [6.07, 6.45) is 1.53. The van der Waals surface area contributed by atoms with Gasteiger partial charge in [0, 0.05) is 25.4 Å². The maximum atomic E-state index is 11.3. The predicted octanol–water partition coefficient (Wildman–Crippen LogP) is 2.66. The Morgan fingerprint density at radius 3 is 2.47 bits per heavy atom. The van der Waals surface area contributed by atoms with Gasteiger partial charge in [-0.05, 0) is 36.4 Å². The number of amides is 1. The van der Waals surface area contributed by atoms with E-state index in [4.69, 9.17) is 4.74 Å². The zero-order valence-electron chi connectivity index (χ0n) is 10.6. The molecule has 0 aromatic heterocycles. The van der Waals surface area contributed by atoms with E-state index >= 15 is 0 Å². The molecule has 94 valence electrons. The van der Waals surface area contributed by atoms with Crippen LogP contribution in [0.4, 0.5) is 0 Å². The lowest BCUT2D eigenvalue weighted by Gasteiger charge is -2.09. The van der Waals surface area contributed by atoms with Crippen molar-refractivity contribution in [2.75, 3.05) is 27.0 Å². The highest BCUT2D eigenvalue weighted by atomic mass is 32.2. The van der Waals surface area contributed by atoms with E-state index in [0.717, 1.165) is 17.9 Å². The smallest absolute Gasteiger partial charge is 0.222 e. The normalized spacial score (nSPS) is 10.1. The number of hydrogen-bond acceptors (Lipinski definition) is 3. The molecular formula is C13H19NO2S. The fourth-order valence-corrected chi connectivity index (χ4v) is 2.16. The number of nitrogens with zero attached hydrogens (tertiary/aromatic N) is 1. The molecule has 1 rings (SSSR count). The van der Waals surface area contributed by atoms with Crippen LogP contribution in [0.25, 0.3) is 0 Å². The van der Waals surface area contributed by atoms with Crippen molar-refractivity contribution in [2.45, 2.75) is 17.7 Å². The lowest BCUT2D eigenvalue weighted by molar-refractivity contribution is -0.128. The SMILES string of the molecule is COc1ccc(SCCCC(=O)N(C)C)cc1. The maximum absolute atomic E-state index is 11.3. The lowest BCUT2D eigenvalue weighted by Crippen LogP contribution is -2.21. The summed E-state index contributed by atoms with van der Waals surface area (Å²) in [7, 11) is 5.24. The van der Waals surface area contributed by atoms with Crippen molar-refractivity contribution in [3.63, 3.8) is 0 Å². The number of carbonyl (C=O) groups excluding carboxylic acids is 1. The summed E-state index contributed by atoms with van der Waals surface area (Å²) < 4.78 is 5.09. The Balaban J connectivity index is 2.24. The van der Waals surface area contributed by atoms with Crippen molar-refractivity contribution in [2.24, 2.45) is 0 Å². The first-order chi connectivity index (χ1) is 8.13. The van der Waals surface area contributed by atoms with Crippen LogP contribution in [0.15, 0.2) is 29.2 Å². The van der Waals surface area contributed by atoms with Crippen molar-refractivity contribution >= 4 is 17.7 Å². The number of ether oxygens (including phenoxy) is 1. The molecule has 0 unspecified atom stereocenters. The van der Waals surface area contributed by atoms with Crippen LogP contribution in [0, 0.1) is 0 Å². The summed E-state index contributed by atoms with van der Waals surface area (Å²) in [4.78, 5) is 14.2. The van der Waals surface area contributed by atoms with Crippen molar-refractivity contribution in [1.29, 1.82) is 0 Å². The van der Waals surface area contributed by atoms with Gasteiger partial charge in [0.2, 0.25) is 5.91 Å². The highest BCUT2D eigenvalue weighted by Gasteiger charge is 2.03. The number of benzene rings is 1. The van der Waals surface area contributed by atoms with Crippen LogP contribution in [0.2, 0.25) is 0 Å². The van der Waals surface area contributed by atoms with E-state index < -0.39 is 0 Å². The van der Waals surface area contributed by atoms with Crippen molar-refractivity contribution in [3.8, 4) is 5.75 Å². The van der Waals surface area contributed by atoms with Gasteiger partial charge in [0.1, 0.15) is 5.75 Å². The summed E-state index contributed by atoms with van der Waals surface area (Å²) in [5.41, 5.74) is 0. The van der Waals surface area contributed by atoms with Crippen LogP contribution < -0.4 is 4.74 Å². The van der Waals surface area contributed by atoms with Crippen LogP contribution in [0.1, 0.15) is 12.8 Å². The van der Waals surface area contributed by atoms with Crippen LogP contribution >= 0.6 is 11.8 Å². The van der Waals surface area contributed by atoms with E-state index in [1.807, 2.05) is 24.3 Å². The molecule has 0 fully saturated rings. The standard InChI is InChI=1S/C13H19NO2S/c1-14(2)13(15)5-4-10-17-12-8-6-11(16-3)7-9-12/h6-9H,4-5,10H2,1-3H3. The van der Waals surface area contributed by atoms with E-state index in [2.05, 4.69) is 0 Å².